The molecule has 0 aromatic rings. The van der Waals surface area contributed by atoms with Gasteiger partial charge in [-0.25, -0.2) is 9.59 Å². The van der Waals surface area contributed by atoms with E-state index in [1.807, 2.05) is 13.8 Å². The highest BCUT2D eigenvalue weighted by Crippen LogP contribution is 2.10. The van der Waals surface area contributed by atoms with Crippen molar-refractivity contribution in [1.82, 2.24) is 0 Å². The summed E-state index contributed by atoms with van der Waals surface area (Å²) in [6.07, 6.45) is 18.2. The van der Waals surface area contributed by atoms with Crippen molar-refractivity contribution in [3.05, 3.63) is 24.3 Å². The molecule has 0 heterocycles. The number of ether oxygens (including phenoxy) is 5. The first-order valence-corrected chi connectivity index (χ1v) is 15.1. The fourth-order valence-electron chi connectivity index (χ4n) is 3.74. The standard InChI is InChI=1S/C31H56O9/c1-4-27(32)18-14-10-6-8-12-16-20-30(34)39-25-29(24-38-26-37-23-22-36-3)40-31(35)21-17-13-9-7-11-15-19-28(33)5-2/h16-17,20-21,27-29,32-33H,4-15,18-19,22-26H2,1-3H3/b20-16+,21-17+. The molecule has 40 heavy (non-hydrogen) atoms. The van der Waals surface area contributed by atoms with E-state index >= 15 is 0 Å². The number of aliphatic hydroxyl groups excluding tert-OH is 2. The Hall–Kier alpha value is -1.78. The van der Waals surface area contributed by atoms with Gasteiger partial charge in [-0.05, 0) is 51.4 Å². The molecule has 0 aliphatic carbocycles. The summed E-state index contributed by atoms with van der Waals surface area (Å²) in [4.78, 5) is 24.4. The Kier molecular flexibility index (Phi) is 27.5. The minimum Gasteiger partial charge on any atom is -0.458 e. The van der Waals surface area contributed by atoms with Gasteiger partial charge in [0.15, 0.2) is 6.10 Å². The molecule has 9 nitrogen and oxygen atoms in total. The lowest BCUT2D eigenvalue weighted by Crippen LogP contribution is -2.29. The Morgan fingerprint density at radius 3 is 1.80 bits per heavy atom. The number of hydrogen-bond donors (Lipinski definition) is 2. The quantitative estimate of drug-likeness (QED) is 0.0548. The van der Waals surface area contributed by atoms with Gasteiger partial charge in [0.1, 0.15) is 13.4 Å². The van der Waals surface area contributed by atoms with Gasteiger partial charge in [-0.3, -0.25) is 0 Å². The van der Waals surface area contributed by atoms with E-state index in [2.05, 4.69) is 0 Å². The lowest BCUT2D eigenvalue weighted by atomic mass is 10.1. The Bertz CT molecular complexity index is 651. The highest BCUT2D eigenvalue weighted by Gasteiger charge is 2.16. The van der Waals surface area contributed by atoms with Crippen LogP contribution in [-0.2, 0) is 33.3 Å². The Labute approximate surface area is 242 Å². The minimum atomic E-state index is -0.760. The second-order valence-corrected chi connectivity index (χ2v) is 9.99. The van der Waals surface area contributed by atoms with Gasteiger partial charge in [-0.15, -0.1) is 0 Å². The third-order valence-electron chi connectivity index (χ3n) is 6.36. The van der Waals surface area contributed by atoms with Crippen LogP contribution in [0.1, 0.15) is 104 Å². The lowest BCUT2D eigenvalue weighted by molar-refractivity contribution is -0.160. The zero-order valence-corrected chi connectivity index (χ0v) is 25.2. The Morgan fingerprint density at radius 1 is 0.700 bits per heavy atom. The largest absolute Gasteiger partial charge is 0.458 e. The number of carbonyl (C=O) groups is 2. The number of methoxy groups -OCH3 is 1. The van der Waals surface area contributed by atoms with Crippen LogP contribution >= 0.6 is 0 Å². The summed E-state index contributed by atoms with van der Waals surface area (Å²) in [7, 11) is 1.58. The second kappa shape index (κ2) is 28.7. The molecule has 0 radical (unpaired) electrons. The number of unbranched alkanes of at least 4 members (excludes halogenated alkanes) is 8. The molecule has 0 aliphatic rings. The van der Waals surface area contributed by atoms with Gasteiger partial charge in [-0.1, -0.05) is 64.5 Å². The summed E-state index contributed by atoms with van der Waals surface area (Å²) in [5.41, 5.74) is 0. The van der Waals surface area contributed by atoms with Crippen LogP contribution in [0.5, 0.6) is 0 Å². The van der Waals surface area contributed by atoms with Crippen LogP contribution in [0.15, 0.2) is 24.3 Å². The van der Waals surface area contributed by atoms with E-state index in [-0.39, 0.29) is 32.2 Å². The Morgan fingerprint density at radius 2 is 1.25 bits per heavy atom. The molecular weight excluding hydrogens is 516 g/mol. The van der Waals surface area contributed by atoms with E-state index in [0.29, 0.717) is 13.2 Å². The third kappa shape index (κ3) is 26.4. The topological polar surface area (TPSA) is 121 Å². The molecule has 0 saturated heterocycles. The van der Waals surface area contributed by atoms with Crippen LogP contribution in [0.2, 0.25) is 0 Å². The van der Waals surface area contributed by atoms with Gasteiger partial charge >= 0.3 is 11.9 Å². The summed E-state index contributed by atoms with van der Waals surface area (Å²) >= 11 is 0. The summed E-state index contributed by atoms with van der Waals surface area (Å²) in [5.74, 6) is -1.01. The average molecular weight is 573 g/mol. The molecule has 3 atom stereocenters. The molecule has 0 fully saturated rings. The van der Waals surface area contributed by atoms with Crippen molar-refractivity contribution in [3.63, 3.8) is 0 Å². The van der Waals surface area contributed by atoms with Crippen LogP contribution in [0, 0.1) is 0 Å². The van der Waals surface area contributed by atoms with Crippen molar-refractivity contribution in [2.75, 3.05) is 40.3 Å². The fraction of sp³-hybridized carbons (Fsp3) is 0.806. The minimum absolute atomic E-state index is 0.00773. The first kappa shape index (κ1) is 38.2. The number of allylic oxidation sites excluding steroid dienone is 2. The molecule has 3 unspecified atom stereocenters. The molecule has 0 spiro atoms. The molecule has 2 N–H and O–H groups in total. The number of esters is 2. The van der Waals surface area contributed by atoms with Crippen LogP contribution in [0.4, 0.5) is 0 Å². The van der Waals surface area contributed by atoms with Crippen molar-refractivity contribution in [2.24, 2.45) is 0 Å². The van der Waals surface area contributed by atoms with Crippen molar-refractivity contribution in [2.45, 2.75) is 122 Å². The molecule has 234 valence electrons. The van der Waals surface area contributed by atoms with Crippen LogP contribution in [-0.4, -0.2) is 80.8 Å². The summed E-state index contributed by atoms with van der Waals surface area (Å²) in [5, 5.41) is 19.2. The zero-order valence-electron chi connectivity index (χ0n) is 25.2. The molecule has 0 saturated carbocycles. The maximum atomic E-state index is 12.3. The van der Waals surface area contributed by atoms with Gasteiger partial charge in [0.25, 0.3) is 0 Å². The van der Waals surface area contributed by atoms with Crippen molar-refractivity contribution >= 4 is 11.9 Å². The second-order valence-electron chi connectivity index (χ2n) is 9.99. The molecule has 0 aliphatic heterocycles. The zero-order chi connectivity index (χ0) is 29.7. The highest BCUT2D eigenvalue weighted by atomic mass is 16.7. The molecule has 9 heteroatoms. The average Bonchev–Trinajstić information content (AvgIpc) is 2.95. The van der Waals surface area contributed by atoms with E-state index < -0.39 is 18.0 Å². The first-order valence-electron chi connectivity index (χ1n) is 15.1. The van der Waals surface area contributed by atoms with Gasteiger partial charge in [0.05, 0.1) is 32.0 Å². The Balaban J connectivity index is 4.33. The molecule has 0 aromatic carbocycles. The smallest absolute Gasteiger partial charge is 0.330 e. The number of carbonyl (C=O) groups excluding carboxylic acids is 2. The van der Waals surface area contributed by atoms with Gasteiger partial charge in [0, 0.05) is 19.3 Å². The SMILES string of the molecule is CCC(O)CCCCCC/C=C/C(=O)OCC(COCOCCOC)OC(=O)/C=C/CCCCCCC(O)CC. The summed E-state index contributed by atoms with van der Waals surface area (Å²) < 4.78 is 26.3. The number of aliphatic hydroxyl groups is 2. The normalized spacial score (nSPS) is 14.0. The van der Waals surface area contributed by atoms with Crippen LogP contribution in [0.25, 0.3) is 0 Å². The molecular formula is C31H56O9. The van der Waals surface area contributed by atoms with Gasteiger partial charge in [0.2, 0.25) is 0 Å². The van der Waals surface area contributed by atoms with Crippen molar-refractivity contribution in [1.29, 1.82) is 0 Å². The maximum Gasteiger partial charge on any atom is 0.330 e. The molecule has 0 aromatic heterocycles. The summed E-state index contributed by atoms with van der Waals surface area (Å²) in [6, 6.07) is 0. The van der Waals surface area contributed by atoms with E-state index in [0.717, 1.165) is 89.9 Å². The van der Waals surface area contributed by atoms with E-state index in [9.17, 15) is 19.8 Å². The predicted molar refractivity (Wildman–Crippen MR) is 156 cm³/mol. The van der Waals surface area contributed by atoms with E-state index in [1.165, 1.54) is 12.2 Å². The van der Waals surface area contributed by atoms with Gasteiger partial charge < -0.3 is 33.9 Å². The first-order chi connectivity index (χ1) is 19.4. The maximum absolute atomic E-state index is 12.3. The molecule has 0 amide bonds. The monoisotopic (exact) mass is 572 g/mol. The van der Waals surface area contributed by atoms with Gasteiger partial charge in [-0.2, -0.15) is 0 Å². The predicted octanol–water partition coefficient (Wildman–Crippen LogP) is 5.41. The highest BCUT2D eigenvalue weighted by molar-refractivity contribution is 5.82. The molecule has 0 rings (SSSR count). The molecule has 0 bridgehead atoms. The van der Waals surface area contributed by atoms with Crippen LogP contribution in [0.3, 0.4) is 0 Å². The van der Waals surface area contributed by atoms with Crippen LogP contribution < -0.4 is 0 Å². The van der Waals surface area contributed by atoms with E-state index in [4.69, 9.17) is 23.7 Å². The van der Waals surface area contributed by atoms with Crippen molar-refractivity contribution in [3.8, 4) is 0 Å². The third-order valence-corrected chi connectivity index (χ3v) is 6.36. The number of rotatable bonds is 28. The fourth-order valence-corrected chi connectivity index (χ4v) is 3.74. The summed E-state index contributed by atoms with van der Waals surface area (Å²) in [6.45, 7) is 4.70. The lowest BCUT2D eigenvalue weighted by Gasteiger charge is -2.17. The van der Waals surface area contributed by atoms with E-state index in [1.54, 1.807) is 19.3 Å². The number of hydrogen-bond acceptors (Lipinski definition) is 9. The van der Waals surface area contributed by atoms with Crippen molar-refractivity contribution < 1.29 is 43.5 Å².